The zero-order chi connectivity index (χ0) is 15.5. The van der Waals surface area contributed by atoms with Gasteiger partial charge in [0.25, 0.3) is 18.2 Å². The van der Waals surface area contributed by atoms with Crippen molar-refractivity contribution in [3.05, 3.63) is 36.8 Å². The lowest BCUT2D eigenvalue weighted by atomic mass is 10.3. The molecule has 1 heterocycles. The molecule has 1 N–H and O–H groups in total. The van der Waals surface area contributed by atoms with Gasteiger partial charge in [0.05, 0.1) is 5.16 Å². The minimum Gasteiger partial charge on any atom is -0.455 e. The van der Waals surface area contributed by atoms with Gasteiger partial charge in [-0.2, -0.15) is 5.26 Å². The van der Waals surface area contributed by atoms with E-state index in [4.69, 9.17) is 10.7 Å². The molecule has 0 atom stereocenters. The first-order chi connectivity index (χ1) is 9.24. The Labute approximate surface area is 107 Å². The second kappa shape index (κ2) is 5.09. The van der Waals surface area contributed by atoms with E-state index in [1.165, 1.54) is 6.07 Å². The average molecular weight is 290 g/mol. The highest BCUT2D eigenvalue weighted by Crippen LogP contribution is 2.14. The van der Waals surface area contributed by atoms with Crippen molar-refractivity contribution in [3.63, 3.8) is 0 Å². The van der Waals surface area contributed by atoms with Gasteiger partial charge in [0.15, 0.2) is 6.07 Å². The summed E-state index contributed by atoms with van der Waals surface area (Å²) in [6.45, 7) is -1.79. The standard InChI is InChI=1S/C6H3FN6O7/c7-6(12(15)16,13(17)18)2-19-5(9)4-3(1-8)10-20-11(4)14/h9H,2H2. The summed E-state index contributed by atoms with van der Waals surface area (Å²) in [5, 5.41) is 50.1. The van der Waals surface area contributed by atoms with Gasteiger partial charge in [0.2, 0.25) is 0 Å². The average Bonchev–Trinajstić information content (AvgIpc) is 2.76. The van der Waals surface area contributed by atoms with Gasteiger partial charge in [-0.3, -0.25) is 30.3 Å². The quantitative estimate of drug-likeness (QED) is 0.130. The van der Waals surface area contributed by atoms with Crippen LogP contribution in [0.5, 0.6) is 0 Å². The van der Waals surface area contributed by atoms with Crippen LogP contribution >= 0.6 is 0 Å². The molecule has 0 unspecified atom stereocenters. The molecular formula is C6H3FN6O7. The number of alkyl halides is 1. The van der Waals surface area contributed by atoms with Crippen molar-refractivity contribution in [3.8, 4) is 6.07 Å². The summed E-state index contributed by atoms with van der Waals surface area (Å²) in [5.41, 5.74) is -1.61. The van der Waals surface area contributed by atoms with Crippen LogP contribution in [0.2, 0.25) is 0 Å². The van der Waals surface area contributed by atoms with Gasteiger partial charge in [-0.1, -0.05) is 4.39 Å². The van der Waals surface area contributed by atoms with E-state index in [1.807, 2.05) is 0 Å². The Balaban J connectivity index is 2.93. The highest BCUT2D eigenvalue weighted by atomic mass is 19.2. The smallest absolute Gasteiger partial charge is 0.455 e. The zero-order valence-corrected chi connectivity index (χ0v) is 9.18. The van der Waals surface area contributed by atoms with Gasteiger partial charge in [0, 0.05) is 0 Å². The molecule has 0 saturated heterocycles. The van der Waals surface area contributed by atoms with E-state index >= 15 is 0 Å². The van der Waals surface area contributed by atoms with Crippen LogP contribution in [-0.2, 0) is 4.74 Å². The highest BCUT2D eigenvalue weighted by Gasteiger charge is 2.59. The molecule has 13 nitrogen and oxygen atoms in total. The van der Waals surface area contributed by atoms with Crippen LogP contribution < -0.4 is 4.90 Å². The van der Waals surface area contributed by atoms with Crippen LogP contribution in [-0.4, -0.2) is 33.4 Å². The first-order valence-corrected chi connectivity index (χ1v) is 4.43. The first-order valence-electron chi connectivity index (χ1n) is 4.43. The van der Waals surface area contributed by atoms with Crippen molar-refractivity contribution < 1.29 is 28.5 Å². The van der Waals surface area contributed by atoms with E-state index in [2.05, 4.69) is 14.5 Å². The van der Waals surface area contributed by atoms with E-state index in [1.54, 1.807) is 0 Å². The summed E-state index contributed by atoms with van der Waals surface area (Å²) in [5.74, 6) is -5.45. The molecule has 0 amide bonds. The summed E-state index contributed by atoms with van der Waals surface area (Å²) in [4.78, 5) is 16.3. The number of hydrogen-bond donors (Lipinski definition) is 1. The summed E-state index contributed by atoms with van der Waals surface area (Å²) in [6, 6.07) is 1.33. The van der Waals surface area contributed by atoms with E-state index < -0.39 is 44.6 Å². The topological polar surface area (TPSA) is 196 Å². The fourth-order valence-corrected chi connectivity index (χ4v) is 0.917. The number of nitro groups is 2. The number of nitrogens with zero attached hydrogens (tertiary/aromatic N) is 5. The lowest BCUT2D eigenvalue weighted by molar-refractivity contribution is -0.832. The van der Waals surface area contributed by atoms with Crippen molar-refractivity contribution in [1.29, 1.82) is 10.7 Å². The van der Waals surface area contributed by atoms with E-state index in [0.717, 1.165) is 0 Å². The second-order valence-electron chi connectivity index (χ2n) is 3.09. The van der Waals surface area contributed by atoms with Crippen molar-refractivity contribution in [1.82, 2.24) is 5.16 Å². The Morgan fingerprint density at radius 2 is 2.15 bits per heavy atom. The fourth-order valence-electron chi connectivity index (χ4n) is 0.917. The monoisotopic (exact) mass is 290 g/mol. The van der Waals surface area contributed by atoms with E-state index in [9.17, 15) is 29.8 Å². The normalized spacial score (nSPS) is 10.6. The molecular weight excluding hydrogens is 287 g/mol. The minimum atomic E-state index is -4.20. The van der Waals surface area contributed by atoms with E-state index in [0.29, 0.717) is 0 Å². The molecule has 0 bridgehead atoms. The van der Waals surface area contributed by atoms with Crippen molar-refractivity contribution in [2.75, 3.05) is 6.61 Å². The van der Waals surface area contributed by atoms with Gasteiger partial charge in [-0.25, -0.2) is 0 Å². The second-order valence-corrected chi connectivity index (χ2v) is 3.09. The predicted octanol–water partition coefficient (Wildman–Crippen LogP) is -1.30. The number of rotatable bonds is 5. The molecule has 0 aliphatic rings. The minimum absolute atomic E-state index is 0.445. The lowest BCUT2D eigenvalue weighted by Gasteiger charge is -2.08. The van der Waals surface area contributed by atoms with Crippen LogP contribution in [0.15, 0.2) is 4.63 Å². The van der Waals surface area contributed by atoms with Crippen molar-refractivity contribution >= 4 is 5.90 Å². The summed E-state index contributed by atoms with van der Waals surface area (Å²) < 4.78 is 21.4. The van der Waals surface area contributed by atoms with Crippen LogP contribution in [0.4, 0.5) is 4.39 Å². The Bertz CT molecular complexity index is 606. The lowest BCUT2D eigenvalue weighted by Crippen LogP contribution is -2.47. The number of halogens is 1. The Kier molecular flexibility index (Phi) is 3.74. The predicted molar refractivity (Wildman–Crippen MR) is 50.8 cm³/mol. The molecule has 0 spiro atoms. The molecule has 14 heteroatoms. The maximum atomic E-state index is 13.3. The highest BCUT2D eigenvalue weighted by molar-refractivity contribution is 5.89. The molecule has 0 radical (unpaired) electrons. The van der Waals surface area contributed by atoms with Crippen LogP contribution in [0, 0.1) is 42.2 Å². The number of hydrogen-bond acceptors (Lipinski definition) is 10. The van der Waals surface area contributed by atoms with Gasteiger partial charge in [-0.15, -0.1) is 0 Å². The van der Waals surface area contributed by atoms with Crippen LogP contribution in [0.1, 0.15) is 11.4 Å². The van der Waals surface area contributed by atoms with Crippen molar-refractivity contribution in [2.24, 2.45) is 0 Å². The maximum Gasteiger partial charge on any atom is 0.648 e. The third-order valence-electron chi connectivity index (χ3n) is 1.89. The number of nitriles is 1. The molecule has 0 aliphatic carbocycles. The van der Waals surface area contributed by atoms with Gasteiger partial charge in [-0.05, 0) is 4.90 Å². The molecule has 0 fully saturated rings. The Morgan fingerprint density at radius 3 is 2.60 bits per heavy atom. The largest absolute Gasteiger partial charge is 0.648 e. The third kappa shape index (κ3) is 2.40. The zero-order valence-electron chi connectivity index (χ0n) is 9.18. The molecule has 1 aromatic heterocycles. The fraction of sp³-hybridized carbons (Fsp3) is 0.333. The molecule has 1 rings (SSSR count). The number of nitrogens with one attached hydrogen (secondary N) is 1. The summed E-state index contributed by atoms with van der Waals surface area (Å²) >= 11 is 0. The molecule has 20 heavy (non-hydrogen) atoms. The number of ether oxygens (including phenoxy) is 1. The molecule has 0 aliphatic heterocycles. The summed E-state index contributed by atoms with van der Waals surface area (Å²) in [6.07, 6.45) is 0. The van der Waals surface area contributed by atoms with Crippen LogP contribution in [0.3, 0.4) is 0 Å². The van der Waals surface area contributed by atoms with Gasteiger partial charge < -0.3 is 9.94 Å². The maximum absolute atomic E-state index is 13.3. The molecule has 1 aromatic rings. The van der Waals surface area contributed by atoms with Crippen LogP contribution in [0.25, 0.3) is 0 Å². The summed E-state index contributed by atoms with van der Waals surface area (Å²) in [7, 11) is 0. The Hall–Kier alpha value is -3.37. The molecule has 106 valence electrons. The van der Waals surface area contributed by atoms with E-state index in [-0.39, 0.29) is 0 Å². The molecule has 0 saturated carbocycles. The number of aromatic nitrogens is 2. The third-order valence-corrected chi connectivity index (χ3v) is 1.89. The SMILES string of the molecule is N#Cc1no[n+]([O-])c1C(=N)OCC(F)([N+](=O)[O-])[N+](=O)[O-]. The first kappa shape index (κ1) is 14.7. The van der Waals surface area contributed by atoms with Crippen molar-refractivity contribution in [2.45, 2.75) is 5.92 Å². The Morgan fingerprint density at radius 1 is 1.60 bits per heavy atom. The van der Waals surface area contributed by atoms with Gasteiger partial charge in [0.1, 0.15) is 9.85 Å². The van der Waals surface area contributed by atoms with Gasteiger partial charge >= 0.3 is 11.6 Å². The molecule has 0 aromatic carbocycles.